The number of nitrogens with one attached hydrogen (secondary N) is 1. The fourth-order valence-electron chi connectivity index (χ4n) is 3.59. The zero-order valence-corrected chi connectivity index (χ0v) is 11.5. The van der Waals surface area contributed by atoms with Crippen molar-refractivity contribution in [2.75, 3.05) is 0 Å². The Hall–Kier alpha value is -1.24. The van der Waals surface area contributed by atoms with Crippen LogP contribution in [0.2, 0.25) is 0 Å². The van der Waals surface area contributed by atoms with Crippen molar-refractivity contribution >= 4 is 10.9 Å². The van der Waals surface area contributed by atoms with Crippen molar-refractivity contribution in [1.29, 1.82) is 0 Å². The van der Waals surface area contributed by atoms with Gasteiger partial charge in [0.2, 0.25) is 0 Å². The Labute approximate surface area is 110 Å². The van der Waals surface area contributed by atoms with E-state index in [1.807, 2.05) is 0 Å². The molecule has 0 aliphatic heterocycles. The van der Waals surface area contributed by atoms with Crippen LogP contribution in [0.5, 0.6) is 0 Å². The number of hydrogen-bond donors (Lipinski definition) is 1. The smallest absolute Gasteiger partial charge is 0.0486 e. The maximum atomic E-state index is 3.48. The van der Waals surface area contributed by atoms with Crippen molar-refractivity contribution in [3.05, 3.63) is 35.5 Å². The maximum Gasteiger partial charge on any atom is 0.0486 e. The van der Waals surface area contributed by atoms with Gasteiger partial charge in [-0.15, -0.1) is 0 Å². The normalized spacial score (nSPS) is 19.2. The molecule has 3 rings (SSSR count). The molecule has 1 N–H and O–H groups in total. The number of aromatic nitrogens is 1. The fourth-order valence-corrected chi connectivity index (χ4v) is 3.59. The van der Waals surface area contributed by atoms with Gasteiger partial charge in [-0.2, -0.15) is 0 Å². The molecule has 0 saturated heterocycles. The van der Waals surface area contributed by atoms with E-state index in [0.717, 1.165) is 5.92 Å². The summed E-state index contributed by atoms with van der Waals surface area (Å²) in [6, 6.07) is 6.64. The van der Waals surface area contributed by atoms with Crippen LogP contribution in [0.1, 0.15) is 56.1 Å². The van der Waals surface area contributed by atoms with Crippen LogP contribution in [0.3, 0.4) is 0 Å². The average Bonchev–Trinajstić information content (AvgIpc) is 2.84. The Morgan fingerprint density at radius 1 is 1.17 bits per heavy atom. The summed E-state index contributed by atoms with van der Waals surface area (Å²) >= 11 is 0. The predicted octanol–water partition coefficient (Wildman–Crippen LogP) is 5.16. The van der Waals surface area contributed by atoms with E-state index in [4.69, 9.17) is 0 Å². The highest BCUT2D eigenvalue weighted by atomic mass is 14.7. The van der Waals surface area contributed by atoms with Gasteiger partial charge in [0.1, 0.15) is 0 Å². The molecule has 0 radical (unpaired) electrons. The van der Waals surface area contributed by atoms with Crippen LogP contribution in [0, 0.1) is 12.8 Å². The van der Waals surface area contributed by atoms with Crippen LogP contribution in [-0.2, 0) is 0 Å². The van der Waals surface area contributed by atoms with Crippen molar-refractivity contribution in [1.82, 2.24) is 4.98 Å². The lowest BCUT2D eigenvalue weighted by Crippen LogP contribution is -2.13. The summed E-state index contributed by atoms with van der Waals surface area (Å²) in [5.74, 6) is 1.58. The Bertz CT molecular complexity index is 532. The van der Waals surface area contributed by atoms with Crippen molar-refractivity contribution in [3.8, 4) is 0 Å². The van der Waals surface area contributed by atoms with Crippen LogP contribution in [0.15, 0.2) is 24.4 Å². The summed E-state index contributed by atoms with van der Waals surface area (Å²) in [4.78, 5) is 3.48. The standard InChI is InChI=1S/C17H23N/c1-12-7-6-10-15-16(11-18-17(12)15)13(2)14-8-4-3-5-9-14/h6-7,10-11,13-14,18H,3-5,8-9H2,1-2H3. The number of hydrogen-bond acceptors (Lipinski definition) is 0. The van der Waals surface area contributed by atoms with Crippen molar-refractivity contribution < 1.29 is 0 Å². The minimum atomic E-state index is 0.695. The summed E-state index contributed by atoms with van der Waals surface area (Å²) in [7, 11) is 0. The molecule has 18 heavy (non-hydrogen) atoms. The van der Waals surface area contributed by atoms with E-state index < -0.39 is 0 Å². The second kappa shape index (κ2) is 4.79. The third-order valence-electron chi connectivity index (χ3n) is 4.80. The quantitative estimate of drug-likeness (QED) is 0.747. The Morgan fingerprint density at radius 3 is 2.72 bits per heavy atom. The van der Waals surface area contributed by atoms with E-state index in [1.54, 1.807) is 0 Å². The highest BCUT2D eigenvalue weighted by Gasteiger charge is 2.23. The van der Waals surface area contributed by atoms with Gasteiger partial charge >= 0.3 is 0 Å². The summed E-state index contributed by atoms with van der Waals surface area (Å²) in [6.07, 6.45) is 9.37. The van der Waals surface area contributed by atoms with Gasteiger partial charge in [0, 0.05) is 17.1 Å². The molecular formula is C17H23N. The first kappa shape index (κ1) is 11.8. The molecule has 1 heterocycles. The first-order valence-electron chi connectivity index (χ1n) is 7.34. The third kappa shape index (κ3) is 1.96. The summed E-state index contributed by atoms with van der Waals surface area (Å²) in [5, 5.41) is 1.44. The van der Waals surface area contributed by atoms with Crippen LogP contribution in [0.25, 0.3) is 10.9 Å². The van der Waals surface area contributed by atoms with Gasteiger partial charge in [0.25, 0.3) is 0 Å². The van der Waals surface area contributed by atoms with Gasteiger partial charge in [0.05, 0.1) is 0 Å². The second-order valence-electron chi connectivity index (χ2n) is 5.93. The highest BCUT2D eigenvalue weighted by Crippen LogP contribution is 2.38. The van der Waals surface area contributed by atoms with E-state index in [2.05, 4.69) is 43.2 Å². The molecule has 1 unspecified atom stereocenters. The lowest BCUT2D eigenvalue weighted by Gasteiger charge is -2.27. The Balaban J connectivity index is 1.96. The lowest BCUT2D eigenvalue weighted by molar-refractivity contribution is 0.317. The van der Waals surface area contributed by atoms with Crippen LogP contribution in [0.4, 0.5) is 0 Å². The molecule has 1 nitrogen and oxygen atoms in total. The molecule has 1 fully saturated rings. The molecule has 2 aromatic rings. The van der Waals surface area contributed by atoms with E-state index in [-0.39, 0.29) is 0 Å². The first-order valence-corrected chi connectivity index (χ1v) is 7.34. The molecule has 1 aliphatic carbocycles. The number of rotatable bonds is 2. The first-order chi connectivity index (χ1) is 8.77. The monoisotopic (exact) mass is 241 g/mol. The molecular weight excluding hydrogens is 218 g/mol. The summed E-state index contributed by atoms with van der Waals surface area (Å²) in [5.41, 5.74) is 4.21. The van der Waals surface area contributed by atoms with Gasteiger partial charge in [-0.05, 0) is 42.7 Å². The lowest BCUT2D eigenvalue weighted by atomic mass is 9.78. The largest absolute Gasteiger partial charge is 0.361 e. The van der Waals surface area contributed by atoms with Crippen LogP contribution in [-0.4, -0.2) is 4.98 Å². The topological polar surface area (TPSA) is 15.8 Å². The molecule has 0 amide bonds. The van der Waals surface area contributed by atoms with E-state index in [9.17, 15) is 0 Å². The number of aromatic amines is 1. The molecule has 1 saturated carbocycles. The Morgan fingerprint density at radius 2 is 1.94 bits per heavy atom. The second-order valence-corrected chi connectivity index (χ2v) is 5.93. The minimum absolute atomic E-state index is 0.695. The Kier molecular flexibility index (Phi) is 3.15. The number of aryl methyl sites for hydroxylation is 1. The van der Waals surface area contributed by atoms with Crippen molar-refractivity contribution in [3.63, 3.8) is 0 Å². The van der Waals surface area contributed by atoms with E-state index in [0.29, 0.717) is 5.92 Å². The van der Waals surface area contributed by atoms with Gasteiger partial charge in [-0.1, -0.05) is 44.4 Å². The number of para-hydroxylation sites is 1. The average molecular weight is 241 g/mol. The fraction of sp³-hybridized carbons (Fsp3) is 0.529. The predicted molar refractivity (Wildman–Crippen MR) is 78.0 cm³/mol. The van der Waals surface area contributed by atoms with Crippen molar-refractivity contribution in [2.24, 2.45) is 5.92 Å². The molecule has 96 valence electrons. The van der Waals surface area contributed by atoms with E-state index >= 15 is 0 Å². The minimum Gasteiger partial charge on any atom is -0.361 e. The number of H-pyrrole nitrogens is 1. The van der Waals surface area contributed by atoms with Crippen molar-refractivity contribution in [2.45, 2.75) is 51.9 Å². The van der Waals surface area contributed by atoms with E-state index in [1.165, 1.54) is 54.1 Å². The van der Waals surface area contributed by atoms with Gasteiger partial charge in [-0.3, -0.25) is 0 Å². The van der Waals surface area contributed by atoms with Gasteiger partial charge < -0.3 is 4.98 Å². The number of fused-ring (bicyclic) bond motifs is 1. The molecule has 0 spiro atoms. The molecule has 1 aromatic carbocycles. The SMILES string of the molecule is Cc1cccc2c(C(C)C3CCCCC3)c[nH]c12. The highest BCUT2D eigenvalue weighted by molar-refractivity contribution is 5.86. The molecule has 1 aliphatic rings. The van der Waals surface area contributed by atoms with Crippen LogP contribution < -0.4 is 0 Å². The van der Waals surface area contributed by atoms with Gasteiger partial charge in [0.15, 0.2) is 0 Å². The molecule has 0 bridgehead atoms. The number of benzene rings is 1. The zero-order valence-electron chi connectivity index (χ0n) is 11.5. The maximum absolute atomic E-state index is 3.48. The van der Waals surface area contributed by atoms with Crippen LogP contribution >= 0.6 is 0 Å². The zero-order chi connectivity index (χ0) is 12.5. The molecule has 1 atom stereocenters. The third-order valence-corrected chi connectivity index (χ3v) is 4.80. The summed E-state index contributed by atoms with van der Waals surface area (Å²) in [6.45, 7) is 4.61. The summed E-state index contributed by atoms with van der Waals surface area (Å²) < 4.78 is 0. The molecule has 1 heteroatoms. The molecule has 1 aromatic heterocycles. The van der Waals surface area contributed by atoms with Gasteiger partial charge in [-0.25, -0.2) is 0 Å².